The molecule has 0 heterocycles. The Hall–Kier alpha value is -2.06. The molecule has 0 aromatic heterocycles. The van der Waals surface area contributed by atoms with E-state index in [1.165, 1.54) is 5.56 Å². The first-order valence-electron chi connectivity index (χ1n) is 5.66. The van der Waals surface area contributed by atoms with Crippen molar-refractivity contribution in [3.8, 4) is 12.1 Å². The second kappa shape index (κ2) is 5.32. The first kappa shape index (κ1) is 13.0. The lowest BCUT2D eigenvalue weighted by Crippen LogP contribution is -2.14. The van der Waals surface area contributed by atoms with E-state index in [-0.39, 0.29) is 11.0 Å². The highest BCUT2D eigenvalue weighted by Gasteiger charge is 2.17. The number of hydrogen-bond donors (Lipinski definition) is 0. The van der Waals surface area contributed by atoms with Gasteiger partial charge in [-0.15, -0.1) is 0 Å². The highest BCUT2D eigenvalue weighted by atomic mass is 14.3. The maximum Gasteiger partial charge on any atom is 0.130 e. The molecule has 0 aliphatic rings. The summed E-state index contributed by atoms with van der Waals surface area (Å²) in [6, 6.07) is 11.7. The lowest BCUT2D eigenvalue weighted by atomic mass is 9.82. The SMILES string of the molecule is CCC(C)(C)c1ccc(C=C(C#N)C#N)cc1. The minimum absolute atomic E-state index is 0.132. The van der Waals surface area contributed by atoms with Gasteiger partial charge in [0.05, 0.1) is 0 Å². The molecule has 2 heteroatoms. The van der Waals surface area contributed by atoms with Crippen molar-refractivity contribution in [2.75, 3.05) is 0 Å². The molecule has 0 unspecified atom stereocenters. The van der Waals surface area contributed by atoms with E-state index < -0.39 is 0 Å². The molecule has 0 aliphatic carbocycles. The Kier molecular flexibility index (Phi) is 4.07. The third kappa shape index (κ3) is 3.20. The van der Waals surface area contributed by atoms with Crippen LogP contribution in [0.5, 0.6) is 0 Å². The average molecular weight is 224 g/mol. The van der Waals surface area contributed by atoms with Crippen LogP contribution in [-0.2, 0) is 5.41 Å². The molecule has 0 aliphatic heterocycles. The zero-order chi connectivity index (χ0) is 12.9. The molecule has 1 rings (SSSR count). The summed E-state index contributed by atoms with van der Waals surface area (Å²) in [6.45, 7) is 6.57. The minimum Gasteiger partial charge on any atom is -0.192 e. The summed E-state index contributed by atoms with van der Waals surface area (Å²) in [5.41, 5.74) is 2.45. The van der Waals surface area contributed by atoms with Crippen LogP contribution in [0.3, 0.4) is 0 Å². The van der Waals surface area contributed by atoms with Gasteiger partial charge in [-0.05, 0) is 29.0 Å². The maximum atomic E-state index is 8.67. The van der Waals surface area contributed by atoms with Crippen LogP contribution in [0.4, 0.5) is 0 Å². The van der Waals surface area contributed by atoms with Gasteiger partial charge >= 0.3 is 0 Å². The summed E-state index contributed by atoms with van der Waals surface area (Å²) in [4.78, 5) is 0. The van der Waals surface area contributed by atoms with Crippen molar-refractivity contribution in [3.05, 3.63) is 41.0 Å². The van der Waals surface area contributed by atoms with Gasteiger partial charge in [-0.2, -0.15) is 10.5 Å². The molecule has 1 aromatic rings. The molecule has 17 heavy (non-hydrogen) atoms. The lowest BCUT2D eigenvalue weighted by Gasteiger charge is -2.23. The Morgan fingerprint density at radius 1 is 1.18 bits per heavy atom. The number of hydrogen-bond acceptors (Lipinski definition) is 2. The van der Waals surface area contributed by atoms with E-state index in [2.05, 4.69) is 32.9 Å². The van der Waals surface area contributed by atoms with Crippen molar-refractivity contribution in [2.24, 2.45) is 0 Å². The topological polar surface area (TPSA) is 47.6 Å². The Bertz CT molecular complexity index is 477. The van der Waals surface area contributed by atoms with E-state index in [1.807, 2.05) is 24.3 Å². The van der Waals surface area contributed by atoms with Crippen molar-refractivity contribution in [1.82, 2.24) is 0 Å². The fourth-order valence-corrected chi connectivity index (χ4v) is 1.49. The van der Waals surface area contributed by atoms with Gasteiger partial charge in [0.25, 0.3) is 0 Å². The normalized spacial score (nSPS) is 10.2. The summed E-state index contributed by atoms with van der Waals surface area (Å²) < 4.78 is 0. The Labute approximate surface area is 103 Å². The fraction of sp³-hybridized carbons (Fsp3) is 0.333. The molecule has 0 N–H and O–H groups in total. The summed E-state index contributed by atoms with van der Waals surface area (Å²) in [6.07, 6.45) is 2.67. The second-order valence-corrected chi connectivity index (χ2v) is 4.64. The zero-order valence-electron chi connectivity index (χ0n) is 10.5. The molecular formula is C15H16N2. The molecule has 1 aromatic carbocycles. The maximum absolute atomic E-state index is 8.67. The third-order valence-corrected chi connectivity index (χ3v) is 3.13. The molecule has 2 nitrogen and oxygen atoms in total. The molecule has 0 atom stereocenters. The van der Waals surface area contributed by atoms with Crippen molar-refractivity contribution >= 4 is 6.08 Å². The van der Waals surface area contributed by atoms with Crippen molar-refractivity contribution in [1.29, 1.82) is 10.5 Å². The van der Waals surface area contributed by atoms with Gasteiger partial charge in [0, 0.05) is 0 Å². The van der Waals surface area contributed by atoms with E-state index in [9.17, 15) is 0 Å². The van der Waals surface area contributed by atoms with Gasteiger partial charge < -0.3 is 0 Å². The van der Waals surface area contributed by atoms with Gasteiger partial charge in [-0.25, -0.2) is 0 Å². The number of allylic oxidation sites excluding steroid dienone is 1. The van der Waals surface area contributed by atoms with E-state index in [4.69, 9.17) is 10.5 Å². The molecule has 86 valence electrons. The zero-order valence-corrected chi connectivity index (χ0v) is 10.5. The standard InChI is InChI=1S/C15H16N2/c1-4-15(2,3)14-7-5-12(6-8-14)9-13(10-16)11-17/h5-9H,4H2,1-3H3. The molecule has 0 amide bonds. The van der Waals surface area contributed by atoms with Crippen LogP contribution in [0.1, 0.15) is 38.3 Å². The van der Waals surface area contributed by atoms with E-state index >= 15 is 0 Å². The highest BCUT2D eigenvalue weighted by Crippen LogP contribution is 2.26. The van der Waals surface area contributed by atoms with Crippen molar-refractivity contribution < 1.29 is 0 Å². The van der Waals surface area contributed by atoms with Crippen LogP contribution in [0.15, 0.2) is 29.8 Å². The van der Waals surface area contributed by atoms with Crippen LogP contribution in [0.2, 0.25) is 0 Å². The summed E-state index contributed by atoms with van der Waals surface area (Å²) >= 11 is 0. The fourth-order valence-electron chi connectivity index (χ4n) is 1.49. The molecule has 0 fully saturated rings. The van der Waals surface area contributed by atoms with Crippen LogP contribution in [0.25, 0.3) is 6.08 Å². The molecule has 0 radical (unpaired) electrons. The third-order valence-electron chi connectivity index (χ3n) is 3.13. The first-order chi connectivity index (χ1) is 8.03. The molecule has 0 saturated heterocycles. The molecular weight excluding hydrogens is 208 g/mol. The van der Waals surface area contributed by atoms with Crippen LogP contribution < -0.4 is 0 Å². The monoisotopic (exact) mass is 224 g/mol. The lowest BCUT2D eigenvalue weighted by molar-refractivity contribution is 0.506. The number of nitrogens with zero attached hydrogens (tertiary/aromatic N) is 2. The van der Waals surface area contributed by atoms with Gasteiger partial charge in [-0.3, -0.25) is 0 Å². The van der Waals surface area contributed by atoms with E-state index in [0.29, 0.717) is 0 Å². The quantitative estimate of drug-likeness (QED) is 0.733. The Balaban J connectivity index is 3.03. The van der Waals surface area contributed by atoms with Gasteiger partial charge in [0.1, 0.15) is 17.7 Å². The number of nitriles is 2. The van der Waals surface area contributed by atoms with Crippen molar-refractivity contribution in [2.45, 2.75) is 32.6 Å². The summed E-state index contributed by atoms with van der Waals surface area (Å²) in [5.74, 6) is 0. The van der Waals surface area contributed by atoms with Crippen molar-refractivity contribution in [3.63, 3.8) is 0 Å². The summed E-state index contributed by atoms with van der Waals surface area (Å²) in [7, 11) is 0. The largest absolute Gasteiger partial charge is 0.192 e. The van der Waals surface area contributed by atoms with Crippen LogP contribution >= 0.6 is 0 Å². The van der Waals surface area contributed by atoms with Gasteiger partial charge in [0.15, 0.2) is 0 Å². The van der Waals surface area contributed by atoms with Crippen LogP contribution in [-0.4, -0.2) is 0 Å². The number of rotatable bonds is 3. The number of benzene rings is 1. The Morgan fingerprint density at radius 2 is 1.71 bits per heavy atom. The van der Waals surface area contributed by atoms with E-state index in [1.54, 1.807) is 6.08 Å². The average Bonchev–Trinajstić information content (AvgIpc) is 2.36. The van der Waals surface area contributed by atoms with Gasteiger partial charge in [0.2, 0.25) is 0 Å². The molecule has 0 saturated carbocycles. The predicted molar refractivity (Wildman–Crippen MR) is 69.0 cm³/mol. The predicted octanol–water partition coefficient (Wildman–Crippen LogP) is 3.80. The first-order valence-corrected chi connectivity index (χ1v) is 5.66. The van der Waals surface area contributed by atoms with Crippen LogP contribution in [0, 0.1) is 22.7 Å². The Morgan fingerprint density at radius 3 is 2.12 bits per heavy atom. The van der Waals surface area contributed by atoms with Gasteiger partial charge in [-0.1, -0.05) is 45.0 Å². The highest BCUT2D eigenvalue weighted by molar-refractivity contribution is 5.62. The molecule has 0 spiro atoms. The smallest absolute Gasteiger partial charge is 0.130 e. The summed E-state index contributed by atoms with van der Waals surface area (Å²) in [5, 5.41) is 17.3. The minimum atomic E-state index is 0.132. The van der Waals surface area contributed by atoms with E-state index in [0.717, 1.165) is 12.0 Å². The second-order valence-electron chi connectivity index (χ2n) is 4.64. The molecule has 0 bridgehead atoms.